The molecule has 1 amide bonds. The highest BCUT2D eigenvalue weighted by molar-refractivity contribution is 5.93. The molecule has 0 aliphatic heterocycles. The van der Waals surface area contributed by atoms with Gasteiger partial charge in [-0.15, -0.1) is 0 Å². The van der Waals surface area contributed by atoms with Crippen molar-refractivity contribution in [3.8, 4) is 0 Å². The Hall–Kier alpha value is -2.71. The minimum Gasteiger partial charge on any atom is -0.480 e. The second kappa shape index (κ2) is 5.29. The number of primary amides is 1. The van der Waals surface area contributed by atoms with Crippen molar-refractivity contribution in [1.29, 1.82) is 0 Å². The lowest BCUT2D eigenvalue weighted by Gasteiger charge is -2.13. The minimum absolute atomic E-state index is 0.379. The molecule has 4 N–H and O–H groups in total. The minimum atomic E-state index is -1.58. The van der Waals surface area contributed by atoms with Gasteiger partial charge in [-0.25, -0.2) is 9.59 Å². The number of hydrogen-bond donors (Lipinski definition) is 3. The number of ketones is 1. The number of aromatic amines is 1. The number of rotatable bonds is 5. The summed E-state index contributed by atoms with van der Waals surface area (Å²) in [7, 11) is 0. The number of aromatic nitrogens is 2. The van der Waals surface area contributed by atoms with Crippen LogP contribution in [0.5, 0.6) is 0 Å². The standard InChI is InChI=1S/C10H11N3O6/c1-4(14)5-3-13(10(19)12-8(5)16)6(9(17)18)2-7(11)15/h3,6H,2H2,1H3,(H2,11,15)(H,17,18)(H,12,16,19). The molecule has 9 nitrogen and oxygen atoms in total. The molecule has 0 saturated heterocycles. The SMILES string of the molecule is CC(=O)c1cn(C(CC(N)=O)C(=O)O)c(=O)[nH]c1=O. The van der Waals surface area contributed by atoms with E-state index in [1.165, 1.54) is 0 Å². The number of carbonyl (C=O) groups excluding carboxylic acids is 2. The summed E-state index contributed by atoms with van der Waals surface area (Å²) in [4.78, 5) is 57.6. The van der Waals surface area contributed by atoms with Crippen LogP contribution in [-0.2, 0) is 9.59 Å². The van der Waals surface area contributed by atoms with E-state index in [0.29, 0.717) is 4.57 Å². The first-order valence-corrected chi connectivity index (χ1v) is 5.11. The summed E-state index contributed by atoms with van der Waals surface area (Å²) in [5.74, 6) is -3.06. The molecule has 0 fully saturated rings. The second-order valence-electron chi connectivity index (χ2n) is 3.79. The molecular formula is C10H11N3O6. The third-order valence-electron chi connectivity index (χ3n) is 2.36. The number of Topliss-reactive ketones (excluding diaryl/α,β-unsaturated/α-hetero) is 1. The molecule has 0 aromatic carbocycles. The Morgan fingerprint density at radius 2 is 2.00 bits per heavy atom. The number of carbonyl (C=O) groups is 3. The van der Waals surface area contributed by atoms with Crippen LogP contribution in [0.4, 0.5) is 0 Å². The Morgan fingerprint density at radius 1 is 1.42 bits per heavy atom. The number of nitrogens with zero attached hydrogens (tertiary/aromatic N) is 1. The summed E-state index contributed by atoms with van der Waals surface area (Å²) < 4.78 is 0.589. The van der Waals surface area contributed by atoms with Gasteiger partial charge in [0.25, 0.3) is 5.56 Å². The third kappa shape index (κ3) is 3.15. The number of hydrogen-bond acceptors (Lipinski definition) is 5. The van der Waals surface area contributed by atoms with Crippen molar-refractivity contribution in [2.24, 2.45) is 5.73 Å². The molecule has 1 atom stereocenters. The summed E-state index contributed by atoms with van der Waals surface area (Å²) in [6, 6.07) is -1.58. The molecule has 1 rings (SSSR count). The van der Waals surface area contributed by atoms with Gasteiger partial charge >= 0.3 is 11.7 Å². The highest BCUT2D eigenvalue weighted by atomic mass is 16.4. The van der Waals surface area contributed by atoms with Gasteiger partial charge in [-0.1, -0.05) is 0 Å². The highest BCUT2D eigenvalue weighted by Crippen LogP contribution is 2.08. The molecule has 102 valence electrons. The highest BCUT2D eigenvalue weighted by Gasteiger charge is 2.24. The Bertz CT molecular complexity index is 656. The van der Waals surface area contributed by atoms with Crippen molar-refractivity contribution in [2.75, 3.05) is 0 Å². The Morgan fingerprint density at radius 3 is 2.42 bits per heavy atom. The van der Waals surface area contributed by atoms with Gasteiger partial charge in [0, 0.05) is 6.20 Å². The summed E-state index contributed by atoms with van der Waals surface area (Å²) >= 11 is 0. The summed E-state index contributed by atoms with van der Waals surface area (Å²) in [5.41, 5.74) is 2.55. The number of aliphatic carboxylic acids is 1. The first-order valence-electron chi connectivity index (χ1n) is 5.11. The zero-order valence-corrected chi connectivity index (χ0v) is 9.87. The topological polar surface area (TPSA) is 152 Å². The average molecular weight is 269 g/mol. The van der Waals surface area contributed by atoms with Gasteiger partial charge in [0.1, 0.15) is 6.04 Å². The molecule has 0 radical (unpaired) electrons. The fourth-order valence-corrected chi connectivity index (χ4v) is 1.46. The predicted octanol–water partition coefficient (Wildman–Crippen LogP) is -1.76. The van der Waals surface area contributed by atoms with E-state index in [1.807, 2.05) is 4.98 Å². The molecule has 0 aliphatic rings. The second-order valence-corrected chi connectivity index (χ2v) is 3.79. The summed E-state index contributed by atoms with van der Waals surface area (Å²) in [5, 5.41) is 8.95. The van der Waals surface area contributed by atoms with Crippen LogP contribution in [0.25, 0.3) is 0 Å². The van der Waals surface area contributed by atoms with E-state index >= 15 is 0 Å². The van der Waals surface area contributed by atoms with Crippen LogP contribution >= 0.6 is 0 Å². The van der Waals surface area contributed by atoms with E-state index in [0.717, 1.165) is 13.1 Å². The van der Waals surface area contributed by atoms with Crippen molar-refractivity contribution in [3.05, 3.63) is 32.6 Å². The molecule has 19 heavy (non-hydrogen) atoms. The zero-order valence-electron chi connectivity index (χ0n) is 9.87. The number of carboxylic acids is 1. The lowest BCUT2D eigenvalue weighted by atomic mass is 10.2. The predicted molar refractivity (Wildman–Crippen MR) is 61.8 cm³/mol. The van der Waals surface area contributed by atoms with Crippen LogP contribution in [0, 0.1) is 0 Å². The fraction of sp³-hybridized carbons (Fsp3) is 0.300. The quantitative estimate of drug-likeness (QED) is 0.538. The molecule has 0 bridgehead atoms. The van der Waals surface area contributed by atoms with Crippen molar-refractivity contribution in [2.45, 2.75) is 19.4 Å². The van der Waals surface area contributed by atoms with Gasteiger partial charge in [-0.05, 0) is 6.92 Å². The molecule has 0 saturated carbocycles. The van der Waals surface area contributed by atoms with Crippen LogP contribution < -0.4 is 17.0 Å². The molecule has 1 heterocycles. The first kappa shape index (κ1) is 14.4. The molecule has 1 aromatic rings. The number of carboxylic acid groups (broad SMARTS) is 1. The summed E-state index contributed by atoms with van der Waals surface area (Å²) in [6.45, 7) is 1.09. The van der Waals surface area contributed by atoms with E-state index in [-0.39, 0.29) is 5.56 Å². The molecular weight excluding hydrogens is 258 g/mol. The van der Waals surface area contributed by atoms with Crippen molar-refractivity contribution in [1.82, 2.24) is 9.55 Å². The molecule has 0 spiro atoms. The lowest BCUT2D eigenvalue weighted by molar-refractivity contribution is -0.142. The van der Waals surface area contributed by atoms with Crippen LogP contribution in [0.15, 0.2) is 15.8 Å². The lowest BCUT2D eigenvalue weighted by Crippen LogP contribution is -2.38. The van der Waals surface area contributed by atoms with E-state index in [2.05, 4.69) is 0 Å². The van der Waals surface area contributed by atoms with Gasteiger partial charge in [0.2, 0.25) is 5.91 Å². The number of nitrogens with one attached hydrogen (secondary N) is 1. The van der Waals surface area contributed by atoms with Crippen LogP contribution in [0.3, 0.4) is 0 Å². The fourth-order valence-electron chi connectivity index (χ4n) is 1.46. The average Bonchev–Trinajstić information content (AvgIpc) is 2.25. The van der Waals surface area contributed by atoms with Crippen molar-refractivity contribution in [3.63, 3.8) is 0 Å². The molecule has 0 aliphatic carbocycles. The first-order chi connectivity index (χ1) is 8.73. The van der Waals surface area contributed by atoms with Crippen molar-refractivity contribution >= 4 is 17.7 Å². The maximum Gasteiger partial charge on any atom is 0.329 e. The molecule has 9 heteroatoms. The zero-order chi connectivity index (χ0) is 14.7. The van der Waals surface area contributed by atoms with E-state index in [4.69, 9.17) is 10.8 Å². The van der Waals surface area contributed by atoms with Crippen LogP contribution in [0.2, 0.25) is 0 Å². The molecule has 1 aromatic heterocycles. The van der Waals surface area contributed by atoms with E-state index < -0.39 is 41.4 Å². The third-order valence-corrected chi connectivity index (χ3v) is 2.36. The Kier molecular flexibility index (Phi) is 4.00. The van der Waals surface area contributed by atoms with Gasteiger partial charge in [0.05, 0.1) is 12.0 Å². The van der Waals surface area contributed by atoms with Crippen LogP contribution in [-0.4, -0.2) is 32.3 Å². The van der Waals surface area contributed by atoms with E-state index in [9.17, 15) is 24.0 Å². The number of amides is 1. The van der Waals surface area contributed by atoms with E-state index in [1.54, 1.807) is 0 Å². The Balaban J connectivity index is 3.47. The number of H-pyrrole nitrogens is 1. The molecule has 1 unspecified atom stereocenters. The maximum absolute atomic E-state index is 11.5. The van der Waals surface area contributed by atoms with Gasteiger partial charge in [-0.3, -0.25) is 23.9 Å². The monoisotopic (exact) mass is 269 g/mol. The number of nitrogens with two attached hydrogens (primary N) is 1. The summed E-state index contributed by atoms with van der Waals surface area (Å²) in [6.07, 6.45) is 0.170. The van der Waals surface area contributed by atoms with Gasteiger partial charge in [0.15, 0.2) is 5.78 Å². The largest absolute Gasteiger partial charge is 0.480 e. The van der Waals surface area contributed by atoms with Gasteiger partial charge < -0.3 is 10.8 Å². The van der Waals surface area contributed by atoms with Crippen LogP contribution in [0.1, 0.15) is 29.7 Å². The Labute approximate surface area is 105 Å². The van der Waals surface area contributed by atoms with Crippen molar-refractivity contribution < 1.29 is 19.5 Å². The normalized spacial score (nSPS) is 11.8. The maximum atomic E-state index is 11.5. The van der Waals surface area contributed by atoms with Gasteiger partial charge in [-0.2, -0.15) is 0 Å². The smallest absolute Gasteiger partial charge is 0.329 e.